The lowest BCUT2D eigenvalue weighted by molar-refractivity contribution is -0.138. The molecule has 3 N–H and O–H groups in total. The van der Waals surface area contributed by atoms with Crippen LogP contribution in [0.15, 0.2) is 35.1 Å². The number of rotatable bonds is 4. The van der Waals surface area contributed by atoms with E-state index in [1.54, 1.807) is 0 Å². The van der Waals surface area contributed by atoms with Crippen molar-refractivity contribution in [1.29, 1.82) is 0 Å². The van der Waals surface area contributed by atoms with Gasteiger partial charge in [0.05, 0.1) is 27.7 Å². The largest absolute Gasteiger partial charge is 0.478 e. The summed E-state index contributed by atoms with van der Waals surface area (Å²) < 4.78 is 54.3. The summed E-state index contributed by atoms with van der Waals surface area (Å²) in [5.74, 6) is -2.08. The molecule has 0 aliphatic rings. The van der Waals surface area contributed by atoms with Crippen molar-refractivity contribution in [3.63, 3.8) is 0 Å². The first kappa shape index (κ1) is 22.9. The van der Waals surface area contributed by atoms with E-state index in [0.717, 1.165) is 30.3 Å². The maximum absolute atomic E-state index is 14.0. The van der Waals surface area contributed by atoms with Gasteiger partial charge in [-0.05, 0) is 42.8 Å². The first-order valence-electron chi connectivity index (χ1n) is 8.93. The van der Waals surface area contributed by atoms with E-state index in [0.29, 0.717) is 0 Å². The number of carboxylic acid groups (broad SMARTS) is 1. The standard InChI is InChI=1S/C18H13F4N3O3.C2H6/c1-8-24-15-6-12(18(20,21)22)10(4-11(15)16(26)25-8)7-23-14-3-2-9(17(27)28)5-13(14)19;1-2/h2-6,23H,7H2,1H3,(H,27,28)(H,24,25,26);1-2H3. The predicted molar refractivity (Wildman–Crippen MR) is 104 cm³/mol. The smallest absolute Gasteiger partial charge is 0.416 e. The van der Waals surface area contributed by atoms with Gasteiger partial charge >= 0.3 is 12.1 Å². The zero-order valence-electron chi connectivity index (χ0n) is 16.3. The number of carbonyl (C=O) groups is 1. The van der Waals surface area contributed by atoms with E-state index in [1.807, 2.05) is 13.8 Å². The molecule has 10 heteroatoms. The number of halogens is 4. The van der Waals surface area contributed by atoms with Gasteiger partial charge in [0.25, 0.3) is 5.56 Å². The molecule has 0 atom stereocenters. The van der Waals surface area contributed by atoms with Crippen LogP contribution in [-0.2, 0) is 12.7 Å². The van der Waals surface area contributed by atoms with Gasteiger partial charge < -0.3 is 15.4 Å². The molecule has 2 aromatic carbocycles. The number of benzene rings is 2. The average molecular weight is 425 g/mol. The lowest BCUT2D eigenvalue weighted by atomic mass is 10.0. The highest BCUT2D eigenvalue weighted by Gasteiger charge is 2.34. The number of aromatic carboxylic acids is 1. The Morgan fingerprint density at radius 2 is 1.87 bits per heavy atom. The fourth-order valence-electron chi connectivity index (χ4n) is 2.74. The molecule has 0 fully saturated rings. The van der Waals surface area contributed by atoms with Crippen LogP contribution in [0.4, 0.5) is 23.2 Å². The Morgan fingerprint density at radius 3 is 2.43 bits per heavy atom. The van der Waals surface area contributed by atoms with E-state index in [9.17, 15) is 27.2 Å². The molecule has 0 aliphatic carbocycles. The number of aryl methyl sites for hydroxylation is 1. The minimum absolute atomic E-state index is 0.0305. The summed E-state index contributed by atoms with van der Waals surface area (Å²) >= 11 is 0. The summed E-state index contributed by atoms with van der Waals surface area (Å²) in [6, 6.07) is 4.83. The molecule has 30 heavy (non-hydrogen) atoms. The van der Waals surface area contributed by atoms with Gasteiger partial charge in [0.15, 0.2) is 0 Å². The summed E-state index contributed by atoms with van der Waals surface area (Å²) in [5, 5.41) is 11.3. The second-order valence-corrected chi connectivity index (χ2v) is 6.03. The normalized spacial score (nSPS) is 11.0. The van der Waals surface area contributed by atoms with Crippen LogP contribution in [0.5, 0.6) is 0 Å². The molecule has 160 valence electrons. The Labute approximate surface area is 168 Å². The maximum atomic E-state index is 14.0. The summed E-state index contributed by atoms with van der Waals surface area (Å²) in [5.41, 5.74) is -2.44. The van der Waals surface area contributed by atoms with E-state index in [2.05, 4.69) is 15.3 Å². The van der Waals surface area contributed by atoms with Crippen molar-refractivity contribution in [2.45, 2.75) is 33.5 Å². The number of H-pyrrole nitrogens is 1. The van der Waals surface area contributed by atoms with Gasteiger partial charge in [0.2, 0.25) is 0 Å². The van der Waals surface area contributed by atoms with Gasteiger partial charge in [-0.1, -0.05) is 13.8 Å². The van der Waals surface area contributed by atoms with Crippen molar-refractivity contribution in [2.24, 2.45) is 0 Å². The molecule has 0 amide bonds. The third-order valence-corrected chi connectivity index (χ3v) is 4.04. The number of nitrogens with one attached hydrogen (secondary N) is 2. The second-order valence-electron chi connectivity index (χ2n) is 6.03. The predicted octanol–water partition coefficient (Wildman–Crippen LogP) is 4.73. The molecule has 1 heterocycles. The number of anilines is 1. The van der Waals surface area contributed by atoms with Crippen molar-refractivity contribution in [3.05, 3.63) is 69.0 Å². The molecule has 0 radical (unpaired) electrons. The van der Waals surface area contributed by atoms with Gasteiger partial charge in [0, 0.05) is 6.54 Å². The maximum Gasteiger partial charge on any atom is 0.416 e. The third kappa shape index (κ3) is 4.94. The number of alkyl halides is 3. The van der Waals surface area contributed by atoms with Crippen LogP contribution in [0.3, 0.4) is 0 Å². The summed E-state index contributed by atoms with van der Waals surface area (Å²) in [6.45, 7) is 5.01. The summed E-state index contributed by atoms with van der Waals surface area (Å²) in [7, 11) is 0. The Bertz CT molecular complexity index is 1140. The van der Waals surface area contributed by atoms with Crippen molar-refractivity contribution in [3.8, 4) is 0 Å². The van der Waals surface area contributed by atoms with E-state index in [1.165, 1.54) is 6.92 Å². The molecule has 0 saturated heterocycles. The molecular weight excluding hydrogens is 406 g/mol. The van der Waals surface area contributed by atoms with Gasteiger partial charge in [-0.3, -0.25) is 4.79 Å². The molecule has 3 rings (SSSR count). The lowest BCUT2D eigenvalue weighted by Gasteiger charge is -2.15. The lowest BCUT2D eigenvalue weighted by Crippen LogP contribution is -2.16. The summed E-state index contributed by atoms with van der Waals surface area (Å²) in [4.78, 5) is 29.2. The zero-order valence-corrected chi connectivity index (χ0v) is 16.3. The number of hydrogen-bond donors (Lipinski definition) is 3. The van der Waals surface area contributed by atoms with Crippen molar-refractivity contribution in [1.82, 2.24) is 9.97 Å². The molecule has 0 bridgehead atoms. The Balaban J connectivity index is 0.00000155. The highest BCUT2D eigenvalue weighted by Crippen LogP contribution is 2.34. The van der Waals surface area contributed by atoms with Crippen LogP contribution >= 0.6 is 0 Å². The SMILES string of the molecule is CC.Cc1nc2cc(C(F)(F)F)c(CNc3ccc(C(=O)O)cc3F)cc2c(=O)[nH]1. The van der Waals surface area contributed by atoms with E-state index >= 15 is 0 Å². The van der Waals surface area contributed by atoms with Gasteiger partial charge in [-0.25, -0.2) is 14.2 Å². The van der Waals surface area contributed by atoms with E-state index < -0.39 is 35.6 Å². The molecule has 6 nitrogen and oxygen atoms in total. The van der Waals surface area contributed by atoms with E-state index in [-0.39, 0.29) is 33.5 Å². The Kier molecular flexibility index (Phi) is 6.81. The van der Waals surface area contributed by atoms with Crippen LogP contribution in [0.2, 0.25) is 0 Å². The second kappa shape index (κ2) is 8.93. The number of carboxylic acids is 1. The minimum Gasteiger partial charge on any atom is -0.478 e. The van der Waals surface area contributed by atoms with Crippen molar-refractivity contribution < 1.29 is 27.5 Å². The number of nitrogens with zero attached hydrogens (tertiary/aromatic N) is 1. The number of aromatic amines is 1. The Hall–Kier alpha value is -3.43. The molecule has 1 aromatic heterocycles. The zero-order chi connectivity index (χ0) is 22.6. The van der Waals surface area contributed by atoms with E-state index in [4.69, 9.17) is 5.11 Å². The van der Waals surface area contributed by atoms with Crippen LogP contribution in [0, 0.1) is 12.7 Å². The molecule has 0 aliphatic heterocycles. The minimum atomic E-state index is -4.71. The average Bonchev–Trinajstić information content (AvgIpc) is 2.67. The highest BCUT2D eigenvalue weighted by atomic mass is 19.4. The van der Waals surface area contributed by atoms with Crippen LogP contribution in [0.25, 0.3) is 10.9 Å². The number of fused-ring (bicyclic) bond motifs is 1. The first-order valence-corrected chi connectivity index (χ1v) is 8.93. The molecule has 0 saturated carbocycles. The van der Waals surface area contributed by atoms with Crippen molar-refractivity contribution in [2.75, 3.05) is 5.32 Å². The quantitative estimate of drug-likeness (QED) is 0.526. The van der Waals surface area contributed by atoms with Gasteiger partial charge in [-0.2, -0.15) is 13.2 Å². The monoisotopic (exact) mass is 425 g/mol. The fraction of sp³-hybridized carbons (Fsp3) is 0.250. The molecule has 0 unspecified atom stereocenters. The van der Waals surface area contributed by atoms with Gasteiger partial charge in [-0.15, -0.1) is 0 Å². The first-order chi connectivity index (χ1) is 14.1. The fourth-order valence-corrected chi connectivity index (χ4v) is 2.74. The van der Waals surface area contributed by atoms with Crippen LogP contribution in [0.1, 0.15) is 41.2 Å². The topological polar surface area (TPSA) is 95.1 Å². The molecule has 3 aromatic rings. The summed E-state index contributed by atoms with van der Waals surface area (Å²) in [6.07, 6.45) is -4.71. The Morgan fingerprint density at radius 1 is 1.20 bits per heavy atom. The number of hydrogen-bond acceptors (Lipinski definition) is 4. The molecular formula is C20H19F4N3O3. The highest BCUT2D eigenvalue weighted by molar-refractivity contribution is 5.88. The molecule has 0 spiro atoms. The third-order valence-electron chi connectivity index (χ3n) is 4.04. The van der Waals surface area contributed by atoms with Crippen LogP contribution < -0.4 is 10.9 Å². The van der Waals surface area contributed by atoms with Gasteiger partial charge in [0.1, 0.15) is 11.6 Å². The van der Waals surface area contributed by atoms with Crippen LogP contribution in [-0.4, -0.2) is 21.0 Å². The number of aromatic nitrogens is 2. The van der Waals surface area contributed by atoms with Crippen molar-refractivity contribution >= 4 is 22.6 Å².